The maximum atomic E-state index is 12.4. The molecule has 1 N–H and O–H groups in total. The number of hydrogen-bond donors (Lipinski definition) is 1. The van der Waals surface area contributed by atoms with Gasteiger partial charge in [0.2, 0.25) is 17.5 Å². The average Bonchev–Trinajstić information content (AvgIpc) is 2.44. The second-order valence-electron chi connectivity index (χ2n) is 5.23. The molecule has 1 unspecified atom stereocenters. The van der Waals surface area contributed by atoms with Gasteiger partial charge in [-0.05, 0) is 12.3 Å². The van der Waals surface area contributed by atoms with E-state index in [2.05, 4.69) is 5.32 Å². The van der Waals surface area contributed by atoms with E-state index in [0.717, 1.165) is 12.8 Å². The van der Waals surface area contributed by atoms with Crippen LogP contribution in [0.15, 0.2) is 29.8 Å². The SMILES string of the molecule is CCCC1CC(=O)NC2=C1C(=O)C(=O)c1ccccc12. The minimum atomic E-state index is -0.461. The molecule has 0 spiro atoms. The van der Waals surface area contributed by atoms with Gasteiger partial charge in [0, 0.05) is 23.1 Å². The number of allylic oxidation sites excluding steroid dienone is 1. The fraction of sp³-hybridized carbons (Fsp3) is 0.312. The zero-order chi connectivity index (χ0) is 14.3. The average molecular weight is 269 g/mol. The summed E-state index contributed by atoms with van der Waals surface area (Å²) in [6.07, 6.45) is 1.90. The highest BCUT2D eigenvalue weighted by Crippen LogP contribution is 2.37. The molecule has 0 fully saturated rings. The highest BCUT2D eigenvalue weighted by Gasteiger charge is 2.39. The van der Waals surface area contributed by atoms with Crippen LogP contribution in [0.2, 0.25) is 0 Å². The molecule has 1 aliphatic heterocycles. The highest BCUT2D eigenvalue weighted by molar-refractivity contribution is 6.52. The first-order chi connectivity index (χ1) is 9.63. The predicted octanol–water partition coefficient (Wildman–Crippen LogP) is 2.10. The first-order valence-corrected chi connectivity index (χ1v) is 6.86. The molecule has 4 nitrogen and oxygen atoms in total. The molecule has 0 bridgehead atoms. The number of rotatable bonds is 2. The van der Waals surface area contributed by atoms with Gasteiger partial charge in [0.25, 0.3) is 0 Å². The molecule has 3 rings (SSSR count). The second-order valence-corrected chi connectivity index (χ2v) is 5.23. The number of benzene rings is 1. The monoisotopic (exact) mass is 269 g/mol. The summed E-state index contributed by atoms with van der Waals surface area (Å²) < 4.78 is 0. The lowest BCUT2D eigenvalue weighted by Crippen LogP contribution is -2.39. The van der Waals surface area contributed by atoms with Crippen molar-refractivity contribution in [2.45, 2.75) is 26.2 Å². The van der Waals surface area contributed by atoms with Gasteiger partial charge in [-0.2, -0.15) is 0 Å². The van der Waals surface area contributed by atoms with Gasteiger partial charge in [0.05, 0.1) is 5.70 Å². The third-order valence-corrected chi connectivity index (χ3v) is 3.90. The molecule has 1 aromatic rings. The van der Waals surface area contributed by atoms with Gasteiger partial charge in [0.15, 0.2) is 0 Å². The van der Waals surface area contributed by atoms with Crippen molar-refractivity contribution >= 4 is 23.2 Å². The molecule has 1 aromatic carbocycles. The van der Waals surface area contributed by atoms with Crippen molar-refractivity contribution in [3.05, 3.63) is 41.0 Å². The van der Waals surface area contributed by atoms with Crippen LogP contribution in [0.3, 0.4) is 0 Å². The van der Waals surface area contributed by atoms with E-state index in [1.54, 1.807) is 18.2 Å². The molecule has 0 saturated heterocycles. The number of ketones is 2. The van der Waals surface area contributed by atoms with Gasteiger partial charge >= 0.3 is 0 Å². The Morgan fingerprint density at radius 2 is 1.80 bits per heavy atom. The zero-order valence-corrected chi connectivity index (χ0v) is 11.2. The van der Waals surface area contributed by atoms with Gasteiger partial charge in [-0.3, -0.25) is 14.4 Å². The minimum absolute atomic E-state index is 0.0841. The maximum Gasteiger partial charge on any atom is 0.233 e. The van der Waals surface area contributed by atoms with E-state index in [9.17, 15) is 14.4 Å². The lowest BCUT2D eigenvalue weighted by atomic mass is 9.76. The standard InChI is InChI=1S/C16H15NO3/c1-2-5-9-8-12(18)17-14-10-6-3-4-7-11(10)15(19)16(20)13(9)14/h3-4,6-7,9H,2,5,8H2,1H3,(H,17,18). The smallest absolute Gasteiger partial charge is 0.233 e. The number of carbonyl (C=O) groups is 3. The molecule has 0 aromatic heterocycles. The molecule has 4 heteroatoms. The Balaban J connectivity index is 2.22. The summed E-state index contributed by atoms with van der Waals surface area (Å²) in [4.78, 5) is 36.4. The van der Waals surface area contributed by atoms with E-state index in [4.69, 9.17) is 0 Å². The highest BCUT2D eigenvalue weighted by atomic mass is 16.2. The van der Waals surface area contributed by atoms with Gasteiger partial charge < -0.3 is 5.32 Å². The first-order valence-electron chi connectivity index (χ1n) is 6.86. The Hall–Kier alpha value is -2.23. The van der Waals surface area contributed by atoms with E-state index in [-0.39, 0.29) is 18.2 Å². The van der Waals surface area contributed by atoms with E-state index < -0.39 is 11.6 Å². The summed E-state index contributed by atoms with van der Waals surface area (Å²) in [5, 5.41) is 2.78. The van der Waals surface area contributed by atoms with Crippen molar-refractivity contribution < 1.29 is 14.4 Å². The number of nitrogens with one attached hydrogen (secondary N) is 1. The van der Waals surface area contributed by atoms with E-state index in [1.165, 1.54) is 0 Å². The Kier molecular flexibility index (Phi) is 3.01. The summed E-state index contributed by atoms with van der Waals surface area (Å²) in [6.45, 7) is 2.01. The molecule has 1 heterocycles. The van der Waals surface area contributed by atoms with E-state index >= 15 is 0 Å². The van der Waals surface area contributed by atoms with Gasteiger partial charge in [0.1, 0.15) is 0 Å². The third kappa shape index (κ3) is 1.80. The Morgan fingerprint density at radius 3 is 2.50 bits per heavy atom. The molecular weight excluding hydrogens is 254 g/mol. The summed E-state index contributed by atoms with van der Waals surface area (Å²) in [6, 6.07) is 6.95. The quantitative estimate of drug-likeness (QED) is 0.836. The van der Waals surface area contributed by atoms with Crippen molar-refractivity contribution in [1.82, 2.24) is 5.32 Å². The lowest BCUT2D eigenvalue weighted by Gasteiger charge is -2.31. The maximum absolute atomic E-state index is 12.4. The molecular formula is C16H15NO3. The van der Waals surface area contributed by atoms with Crippen LogP contribution >= 0.6 is 0 Å². The third-order valence-electron chi connectivity index (χ3n) is 3.90. The fourth-order valence-electron chi connectivity index (χ4n) is 3.04. The molecule has 2 aliphatic rings. The Labute approximate surface area is 116 Å². The van der Waals surface area contributed by atoms with E-state index in [1.807, 2.05) is 13.0 Å². The van der Waals surface area contributed by atoms with Crippen molar-refractivity contribution in [1.29, 1.82) is 0 Å². The number of hydrogen-bond acceptors (Lipinski definition) is 3. The van der Waals surface area contributed by atoms with Crippen LogP contribution < -0.4 is 5.32 Å². The van der Waals surface area contributed by atoms with Crippen LogP contribution in [0, 0.1) is 5.92 Å². The molecule has 102 valence electrons. The summed E-state index contributed by atoms with van der Waals surface area (Å²) in [5.41, 5.74) is 2.09. The molecule has 20 heavy (non-hydrogen) atoms. The molecule has 1 atom stereocenters. The Bertz CT molecular complexity index is 657. The minimum Gasteiger partial charge on any atom is -0.325 e. The molecule has 0 saturated carbocycles. The first kappa shape index (κ1) is 12.8. The number of amides is 1. The fourth-order valence-corrected chi connectivity index (χ4v) is 3.04. The largest absolute Gasteiger partial charge is 0.325 e. The summed E-state index contributed by atoms with van der Waals surface area (Å²) in [7, 11) is 0. The predicted molar refractivity (Wildman–Crippen MR) is 73.9 cm³/mol. The number of Topliss-reactive ketones (excluding diaryl/α,β-unsaturated/α-hetero) is 2. The normalized spacial score (nSPS) is 21.4. The van der Waals surface area contributed by atoms with Crippen molar-refractivity contribution in [3.8, 4) is 0 Å². The number of carbonyl (C=O) groups excluding carboxylic acids is 3. The summed E-state index contributed by atoms with van der Waals surface area (Å²) in [5.74, 6) is -1.15. The van der Waals surface area contributed by atoms with Crippen molar-refractivity contribution in [2.24, 2.45) is 5.92 Å². The van der Waals surface area contributed by atoms with Crippen LogP contribution in [-0.4, -0.2) is 17.5 Å². The van der Waals surface area contributed by atoms with Gasteiger partial charge in [-0.1, -0.05) is 37.6 Å². The topological polar surface area (TPSA) is 63.2 Å². The van der Waals surface area contributed by atoms with Crippen LogP contribution in [0.1, 0.15) is 42.1 Å². The number of fused-ring (bicyclic) bond motifs is 2. The van der Waals surface area contributed by atoms with Crippen LogP contribution in [0.4, 0.5) is 0 Å². The molecule has 1 aliphatic carbocycles. The van der Waals surface area contributed by atoms with Crippen LogP contribution in [0.25, 0.3) is 5.70 Å². The van der Waals surface area contributed by atoms with Crippen molar-refractivity contribution in [3.63, 3.8) is 0 Å². The van der Waals surface area contributed by atoms with Crippen LogP contribution in [0.5, 0.6) is 0 Å². The van der Waals surface area contributed by atoms with E-state index in [0.29, 0.717) is 22.4 Å². The van der Waals surface area contributed by atoms with Gasteiger partial charge in [-0.15, -0.1) is 0 Å². The summed E-state index contributed by atoms with van der Waals surface area (Å²) >= 11 is 0. The Morgan fingerprint density at radius 1 is 1.10 bits per heavy atom. The van der Waals surface area contributed by atoms with Gasteiger partial charge in [-0.25, -0.2) is 0 Å². The zero-order valence-electron chi connectivity index (χ0n) is 11.2. The van der Waals surface area contributed by atoms with Crippen molar-refractivity contribution in [2.75, 3.05) is 0 Å². The van der Waals surface area contributed by atoms with Crippen LogP contribution in [-0.2, 0) is 9.59 Å². The molecule has 0 radical (unpaired) electrons. The molecule has 1 amide bonds. The lowest BCUT2D eigenvalue weighted by molar-refractivity contribution is -0.121. The second kappa shape index (κ2) is 4.71.